The van der Waals surface area contributed by atoms with Gasteiger partial charge in [0.1, 0.15) is 6.10 Å². The van der Waals surface area contributed by atoms with Crippen molar-refractivity contribution in [3.05, 3.63) is 18.0 Å². The zero-order valence-electron chi connectivity index (χ0n) is 31.9. The van der Waals surface area contributed by atoms with Crippen LogP contribution in [-0.2, 0) is 19.1 Å². The molecule has 0 amide bonds. The van der Waals surface area contributed by atoms with Gasteiger partial charge in [0.05, 0.1) is 19.4 Å². The third-order valence-corrected chi connectivity index (χ3v) is 16.1. The van der Waals surface area contributed by atoms with Gasteiger partial charge in [-0.2, -0.15) is 5.21 Å². The summed E-state index contributed by atoms with van der Waals surface area (Å²) >= 11 is 0. The zero-order chi connectivity index (χ0) is 36.5. The lowest BCUT2D eigenvalue weighted by Gasteiger charge is -2.73. The van der Waals surface area contributed by atoms with Gasteiger partial charge in [-0.3, -0.25) is 9.59 Å². The molecule has 5 saturated carbocycles. The number of aromatic nitrogens is 4. The minimum atomic E-state index is -0.889. The molecule has 0 spiro atoms. The molecule has 6 rings (SSSR count). The van der Waals surface area contributed by atoms with Crippen LogP contribution in [0.25, 0.3) is 0 Å². The van der Waals surface area contributed by atoms with Gasteiger partial charge in [-0.25, -0.2) is 4.79 Å². The summed E-state index contributed by atoms with van der Waals surface area (Å²) in [4.78, 5) is 37.2. The Morgan fingerprint density at radius 2 is 1.66 bits per heavy atom. The summed E-state index contributed by atoms with van der Waals surface area (Å²) in [6, 6.07) is 0. The van der Waals surface area contributed by atoms with Crippen molar-refractivity contribution in [2.45, 2.75) is 145 Å². The fourth-order valence-corrected chi connectivity index (χ4v) is 13.6. The maximum Gasteiger partial charge on any atom is 0.380 e. The van der Waals surface area contributed by atoms with Crippen molar-refractivity contribution in [1.82, 2.24) is 20.6 Å². The Hall–Kier alpha value is -2.78. The number of ether oxygens (including phenoxy) is 2. The van der Waals surface area contributed by atoms with E-state index in [-0.39, 0.29) is 57.8 Å². The van der Waals surface area contributed by atoms with Crippen molar-refractivity contribution in [2.24, 2.45) is 62.1 Å². The summed E-state index contributed by atoms with van der Waals surface area (Å²) in [5.41, 5.74) is 1.17. The third kappa shape index (κ3) is 5.92. The summed E-state index contributed by atoms with van der Waals surface area (Å²) in [5, 5.41) is 22.8. The van der Waals surface area contributed by atoms with E-state index in [1.54, 1.807) is 0 Å². The smallest absolute Gasteiger partial charge is 0.380 e. The van der Waals surface area contributed by atoms with Crippen LogP contribution in [0.3, 0.4) is 0 Å². The van der Waals surface area contributed by atoms with Crippen molar-refractivity contribution in [3.63, 3.8) is 0 Å². The van der Waals surface area contributed by atoms with Crippen LogP contribution in [0.2, 0.25) is 0 Å². The minimum Gasteiger partial charge on any atom is -0.481 e. The molecular formula is C40H62N4O6. The molecule has 10 atom stereocenters. The predicted octanol–water partition coefficient (Wildman–Crippen LogP) is 8.21. The number of nitrogens with one attached hydrogen (secondary N) is 1. The van der Waals surface area contributed by atoms with E-state index in [2.05, 4.69) is 68.7 Å². The monoisotopic (exact) mass is 694 g/mol. The molecule has 1 aromatic rings. The normalized spacial score (nSPS) is 40.4. The van der Waals surface area contributed by atoms with Crippen LogP contribution in [0.4, 0.5) is 0 Å². The first-order chi connectivity index (χ1) is 23.3. The van der Waals surface area contributed by atoms with Gasteiger partial charge >= 0.3 is 17.9 Å². The third-order valence-electron chi connectivity index (χ3n) is 16.1. The van der Waals surface area contributed by atoms with Crippen LogP contribution in [-0.4, -0.2) is 56.3 Å². The standard InChI is InChI=1S/C40H62N4O6/c1-24(2)25-12-17-40(20-21-49-34(48)33-41-43-44-42-33)19-18-38(8)26(32(25)40)10-11-28-37(7)15-14-29(36(5,6)27(37)13-16-39(28,38)9)50-31(47)23-35(3,4)22-30(45)46/h25-29,32H,1,10-23H2,2-9H3,(H,45,46)(H,41,42,43,44)/t25-,26+,27-,28+,29-,32+,37-,38+,39+,40+/m0/s1. The minimum absolute atomic E-state index is 0.0214. The highest BCUT2D eigenvalue weighted by molar-refractivity contribution is 5.84. The number of carboxylic acid groups (broad SMARTS) is 1. The largest absolute Gasteiger partial charge is 0.481 e. The Morgan fingerprint density at radius 3 is 2.32 bits per heavy atom. The molecule has 0 aliphatic heterocycles. The van der Waals surface area contributed by atoms with Crippen LogP contribution >= 0.6 is 0 Å². The topological polar surface area (TPSA) is 144 Å². The number of carbonyl (C=O) groups is 3. The van der Waals surface area contributed by atoms with E-state index in [1.165, 1.54) is 31.3 Å². The molecule has 5 aliphatic rings. The number of H-pyrrole nitrogens is 1. The molecular weight excluding hydrogens is 632 g/mol. The van der Waals surface area contributed by atoms with Gasteiger partial charge < -0.3 is 14.6 Å². The van der Waals surface area contributed by atoms with Crippen LogP contribution in [0.15, 0.2) is 12.2 Å². The first-order valence-corrected chi connectivity index (χ1v) is 19.3. The summed E-state index contributed by atoms with van der Waals surface area (Å²) in [6.45, 7) is 23.3. The SMILES string of the molecule is C=C(C)[C@@H]1CC[C@]2(CCOC(=O)c3nn[nH]n3)CC[C@]3(C)[C@H](CC[C@@H]4[C@@]5(C)CC[C@H](OC(=O)CC(C)(C)CC(=O)O)C(C)(C)[C@@H]5CC[C@]43C)[C@@H]12. The quantitative estimate of drug-likeness (QED) is 0.183. The molecule has 1 aromatic heterocycles. The molecule has 1 heterocycles. The lowest BCUT2D eigenvalue weighted by atomic mass is 9.32. The molecule has 0 aromatic carbocycles. The number of aliphatic carboxylic acids is 1. The fourth-order valence-electron chi connectivity index (χ4n) is 13.6. The second kappa shape index (κ2) is 12.7. The van der Waals surface area contributed by atoms with E-state index < -0.39 is 17.4 Å². The fraction of sp³-hybridized carbons (Fsp3) is 0.850. The van der Waals surface area contributed by atoms with Crippen LogP contribution in [0, 0.1) is 62.1 Å². The highest BCUT2D eigenvalue weighted by atomic mass is 16.5. The van der Waals surface area contributed by atoms with Crippen molar-refractivity contribution < 1.29 is 29.0 Å². The maximum atomic E-state index is 13.2. The van der Waals surface area contributed by atoms with Crippen molar-refractivity contribution >= 4 is 17.9 Å². The molecule has 0 unspecified atom stereocenters. The van der Waals surface area contributed by atoms with Crippen LogP contribution in [0.5, 0.6) is 0 Å². The van der Waals surface area contributed by atoms with E-state index in [0.717, 1.165) is 44.9 Å². The number of hydrogen-bond acceptors (Lipinski definition) is 8. The lowest BCUT2D eigenvalue weighted by Crippen LogP contribution is -2.66. The van der Waals surface area contributed by atoms with E-state index in [1.807, 2.05) is 13.8 Å². The van der Waals surface area contributed by atoms with Crippen molar-refractivity contribution in [3.8, 4) is 0 Å². The van der Waals surface area contributed by atoms with Gasteiger partial charge in [-0.1, -0.05) is 60.6 Å². The Labute approximate surface area is 298 Å². The Bertz CT molecular complexity index is 1490. The number of tetrazole rings is 1. The lowest BCUT2D eigenvalue weighted by molar-refractivity contribution is -0.251. The first kappa shape index (κ1) is 37.0. The molecule has 10 heteroatoms. The average molecular weight is 695 g/mol. The Balaban J connectivity index is 1.21. The van der Waals surface area contributed by atoms with Gasteiger partial charge in [0.15, 0.2) is 0 Å². The van der Waals surface area contributed by atoms with Gasteiger partial charge in [0.25, 0.3) is 5.82 Å². The van der Waals surface area contributed by atoms with E-state index in [4.69, 9.17) is 9.47 Å². The zero-order valence-corrected chi connectivity index (χ0v) is 31.9. The number of allylic oxidation sites excluding steroid dienone is 1. The van der Waals surface area contributed by atoms with Gasteiger partial charge in [0.2, 0.25) is 0 Å². The Kier molecular flexibility index (Phi) is 9.41. The van der Waals surface area contributed by atoms with E-state index >= 15 is 0 Å². The summed E-state index contributed by atoms with van der Waals surface area (Å²) in [5.74, 6) is 0.943. The van der Waals surface area contributed by atoms with Gasteiger partial charge in [-0.05, 0) is 139 Å². The summed E-state index contributed by atoms with van der Waals surface area (Å²) in [6.07, 6.45) is 12.1. The highest BCUT2D eigenvalue weighted by Crippen LogP contribution is 2.78. The molecule has 5 fully saturated rings. The average Bonchev–Trinajstić information content (AvgIpc) is 3.67. The number of carbonyl (C=O) groups excluding carboxylic acids is 2. The Morgan fingerprint density at radius 1 is 0.920 bits per heavy atom. The molecule has 5 aliphatic carbocycles. The van der Waals surface area contributed by atoms with E-state index in [0.29, 0.717) is 36.2 Å². The molecule has 10 nitrogen and oxygen atoms in total. The number of rotatable bonds is 10. The molecule has 278 valence electrons. The number of esters is 2. The van der Waals surface area contributed by atoms with Crippen molar-refractivity contribution in [2.75, 3.05) is 6.61 Å². The number of hydrogen-bond donors (Lipinski definition) is 2. The second-order valence-corrected chi connectivity index (χ2v) is 19.4. The predicted molar refractivity (Wildman–Crippen MR) is 189 cm³/mol. The number of carboxylic acids is 1. The molecule has 50 heavy (non-hydrogen) atoms. The molecule has 2 N–H and O–H groups in total. The molecule has 0 saturated heterocycles. The van der Waals surface area contributed by atoms with Crippen molar-refractivity contribution in [1.29, 1.82) is 0 Å². The second-order valence-electron chi connectivity index (χ2n) is 19.4. The maximum absolute atomic E-state index is 13.2. The van der Waals surface area contributed by atoms with Crippen LogP contribution in [0.1, 0.15) is 149 Å². The molecule has 0 radical (unpaired) electrons. The van der Waals surface area contributed by atoms with Gasteiger partial charge in [0, 0.05) is 5.41 Å². The van der Waals surface area contributed by atoms with Gasteiger partial charge in [-0.15, -0.1) is 10.2 Å². The summed E-state index contributed by atoms with van der Waals surface area (Å²) in [7, 11) is 0. The van der Waals surface area contributed by atoms with E-state index in [9.17, 15) is 19.5 Å². The highest BCUT2D eigenvalue weighted by Gasteiger charge is 2.71. The molecule has 0 bridgehead atoms. The number of aromatic amines is 1. The first-order valence-electron chi connectivity index (χ1n) is 19.3. The van der Waals surface area contributed by atoms with Crippen LogP contribution < -0.4 is 0 Å². The summed E-state index contributed by atoms with van der Waals surface area (Å²) < 4.78 is 12.0. The number of fused-ring (bicyclic) bond motifs is 7. The number of nitrogens with zero attached hydrogens (tertiary/aromatic N) is 3.